The minimum Gasteiger partial charge on any atom is -0.331 e. The highest BCUT2D eigenvalue weighted by Crippen LogP contribution is 2.36. The molecule has 0 aliphatic heterocycles. The van der Waals surface area contributed by atoms with E-state index in [0.29, 0.717) is 12.0 Å². The summed E-state index contributed by atoms with van der Waals surface area (Å²) in [6.45, 7) is 2.13. The maximum Gasteiger partial charge on any atom is 0.416 e. The number of unbranched alkanes of at least 4 members (excludes halogenated alkanes) is 5. The summed E-state index contributed by atoms with van der Waals surface area (Å²) in [4.78, 5) is 8.08. The largest absolute Gasteiger partial charge is 0.416 e. The molecule has 0 atom stereocenters. The van der Waals surface area contributed by atoms with E-state index in [0.717, 1.165) is 55.9 Å². The Labute approximate surface area is 183 Å². The van der Waals surface area contributed by atoms with Crippen LogP contribution < -0.4 is 5.32 Å². The van der Waals surface area contributed by atoms with Gasteiger partial charge in [-0.1, -0.05) is 56.4 Å². The van der Waals surface area contributed by atoms with E-state index in [1.165, 1.54) is 18.5 Å². The number of pyridine rings is 1. The molecular formula is C23H25F4N3S. The van der Waals surface area contributed by atoms with Crippen molar-refractivity contribution in [2.24, 2.45) is 0 Å². The Hall–Kier alpha value is -2.48. The smallest absolute Gasteiger partial charge is 0.331 e. The van der Waals surface area contributed by atoms with Crippen LogP contribution in [0.5, 0.6) is 0 Å². The molecule has 8 heteroatoms. The van der Waals surface area contributed by atoms with E-state index in [-0.39, 0.29) is 22.1 Å². The molecule has 0 spiro atoms. The van der Waals surface area contributed by atoms with Crippen molar-refractivity contribution in [3.05, 3.63) is 59.0 Å². The molecule has 0 aliphatic rings. The third kappa shape index (κ3) is 6.50. The highest BCUT2D eigenvalue weighted by Gasteiger charge is 2.33. The zero-order chi connectivity index (χ0) is 22.3. The summed E-state index contributed by atoms with van der Waals surface area (Å²) in [7, 11) is 0. The summed E-state index contributed by atoms with van der Waals surface area (Å²) >= 11 is 0.754. The minimum atomic E-state index is -4.45. The van der Waals surface area contributed by atoms with Crippen LogP contribution in [-0.4, -0.2) is 9.97 Å². The molecule has 0 unspecified atom stereocenters. The van der Waals surface area contributed by atoms with E-state index in [1.807, 2.05) is 0 Å². The van der Waals surface area contributed by atoms with Gasteiger partial charge in [-0.05, 0) is 42.7 Å². The summed E-state index contributed by atoms with van der Waals surface area (Å²) in [6.07, 6.45) is 5.11. The first kappa shape index (κ1) is 23.2. The average Bonchev–Trinajstić information content (AvgIpc) is 3.11. The fraction of sp³-hybridized carbons (Fsp3) is 0.391. The molecule has 166 valence electrons. The third-order valence-corrected chi connectivity index (χ3v) is 5.77. The molecule has 0 amide bonds. The van der Waals surface area contributed by atoms with Crippen molar-refractivity contribution in [3.63, 3.8) is 0 Å². The van der Waals surface area contributed by atoms with Gasteiger partial charge in [-0.25, -0.2) is 4.98 Å². The van der Waals surface area contributed by atoms with Crippen molar-refractivity contribution >= 4 is 22.2 Å². The van der Waals surface area contributed by atoms with Crippen LogP contribution in [0.1, 0.15) is 56.6 Å². The molecule has 2 aromatic heterocycles. The second-order valence-corrected chi connectivity index (χ2v) is 8.34. The van der Waals surface area contributed by atoms with Gasteiger partial charge in [0.1, 0.15) is 5.69 Å². The van der Waals surface area contributed by atoms with Crippen LogP contribution >= 0.6 is 11.3 Å². The maximum absolute atomic E-state index is 14.3. The Bertz CT molecular complexity index is 971. The quantitative estimate of drug-likeness (QED) is 0.251. The summed E-state index contributed by atoms with van der Waals surface area (Å²) in [5, 5.41) is 2.50. The topological polar surface area (TPSA) is 37.8 Å². The van der Waals surface area contributed by atoms with Crippen LogP contribution in [0.4, 0.5) is 28.4 Å². The molecule has 3 aromatic rings. The Morgan fingerprint density at radius 2 is 1.68 bits per heavy atom. The Morgan fingerprint density at radius 1 is 0.968 bits per heavy atom. The lowest BCUT2D eigenvalue weighted by molar-refractivity contribution is -0.138. The predicted molar refractivity (Wildman–Crippen MR) is 117 cm³/mol. The van der Waals surface area contributed by atoms with Crippen LogP contribution in [0.25, 0.3) is 11.3 Å². The molecule has 1 N–H and O–H groups in total. The van der Waals surface area contributed by atoms with E-state index >= 15 is 0 Å². The van der Waals surface area contributed by atoms with Gasteiger partial charge in [0.05, 0.1) is 5.56 Å². The molecule has 0 aliphatic carbocycles. The summed E-state index contributed by atoms with van der Waals surface area (Å²) < 4.78 is 55.2. The summed E-state index contributed by atoms with van der Waals surface area (Å²) in [6, 6.07) is 7.43. The number of rotatable bonds is 10. The Morgan fingerprint density at radius 3 is 2.39 bits per heavy atom. The van der Waals surface area contributed by atoms with Crippen molar-refractivity contribution in [1.82, 2.24) is 9.97 Å². The molecule has 0 saturated carbocycles. The van der Waals surface area contributed by atoms with Crippen molar-refractivity contribution in [1.29, 1.82) is 0 Å². The van der Waals surface area contributed by atoms with Crippen LogP contribution in [0.3, 0.4) is 0 Å². The van der Waals surface area contributed by atoms with E-state index in [9.17, 15) is 17.6 Å². The van der Waals surface area contributed by atoms with Crippen molar-refractivity contribution < 1.29 is 17.6 Å². The number of aromatic nitrogens is 2. The van der Waals surface area contributed by atoms with Crippen LogP contribution in [0, 0.1) is 5.13 Å². The molecule has 3 nitrogen and oxygen atoms in total. The monoisotopic (exact) mass is 451 g/mol. The number of anilines is 2. The second-order valence-electron chi connectivity index (χ2n) is 7.39. The van der Waals surface area contributed by atoms with E-state index in [2.05, 4.69) is 22.2 Å². The number of nitrogens with one attached hydrogen (secondary N) is 1. The van der Waals surface area contributed by atoms with Gasteiger partial charge in [-0.15, -0.1) is 0 Å². The standard InChI is InChI=1S/C23H25F4N3S/c1-2-3-4-5-6-7-8-16-9-10-18(15-19(16)23(25,26)27)29-22-30-20(21(24)31-22)17-11-13-28-14-12-17/h9-15H,2-8H2,1H3,(H,29,30). The number of hydrogen-bond acceptors (Lipinski definition) is 4. The highest BCUT2D eigenvalue weighted by atomic mass is 32.1. The Balaban J connectivity index is 1.72. The molecular weight excluding hydrogens is 426 g/mol. The number of nitrogens with zero attached hydrogens (tertiary/aromatic N) is 2. The fourth-order valence-corrected chi connectivity index (χ4v) is 4.13. The van der Waals surface area contributed by atoms with Gasteiger partial charge in [-0.3, -0.25) is 4.98 Å². The first-order valence-electron chi connectivity index (χ1n) is 10.4. The van der Waals surface area contributed by atoms with Gasteiger partial charge < -0.3 is 5.32 Å². The first-order chi connectivity index (χ1) is 14.9. The molecule has 0 radical (unpaired) electrons. The SMILES string of the molecule is CCCCCCCCc1ccc(Nc2nc(-c3ccncc3)c(F)s2)cc1C(F)(F)F. The lowest BCUT2D eigenvalue weighted by Gasteiger charge is -2.15. The van der Waals surface area contributed by atoms with Gasteiger partial charge in [0.15, 0.2) is 5.13 Å². The zero-order valence-electron chi connectivity index (χ0n) is 17.3. The number of hydrogen-bond donors (Lipinski definition) is 1. The summed E-state index contributed by atoms with van der Waals surface area (Å²) in [5.41, 5.74) is 0.565. The lowest BCUT2D eigenvalue weighted by Crippen LogP contribution is -2.10. The van der Waals surface area contributed by atoms with Gasteiger partial charge in [0.25, 0.3) is 0 Å². The second kappa shape index (κ2) is 10.7. The fourth-order valence-electron chi connectivity index (χ4n) is 3.40. The lowest BCUT2D eigenvalue weighted by atomic mass is 9.99. The number of alkyl halides is 3. The molecule has 2 heterocycles. The molecule has 0 bridgehead atoms. The van der Waals surface area contributed by atoms with E-state index < -0.39 is 16.9 Å². The summed E-state index contributed by atoms with van der Waals surface area (Å²) in [5.74, 6) is 0. The van der Waals surface area contributed by atoms with Gasteiger partial charge in [0, 0.05) is 23.6 Å². The molecule has 0 saturated heterocycles. The van der Waals surface area contributed by atoms with Crippen LogP contribution in [0.2, 0.25) is 0 Å². The number of aryl methyl sites for hydroxylation is 1. The van der Waals surface area contributed by atoms with Crippen molar-refractivity contribution in [3.8, 4) is 11.3 Å². The predicted octanol–water partition coefficient (Wildman–Crippen LogP) is 8.01. The van der Waals surface area contributed by atoms with Gasteiger partial charge >= 0.3 is 6.18 Å². The third-order valence-electron chi connectivity index (χ3n) is 5.01. The molecule has 31 heavy (non-hydrogen) atoms. The zero-order valence-corrected chi connectivity index (χ0v) is 18.1. The van der Waals surface area contributed by atoms with Crippen LogP contribution in [-0.2, 0) is 12.6 Å². The number of thiazole rings is 1. The molecule has 3 rings (SSSR count). The Kier molecular flexibility index (Phi) is 8.01. The first-order valence-corrected chi connectivity index (χ1v) is 11.2. The molecule has 1 aromatic carbocycles. The van der Waals surface area contributed by atoms with Crippen molar-refractivity contribution in [2.75, 3.05) is 5.32 Å². The average molecular weight is 452 g/mol. The van der Waals surface area contributed by atoms with E-state index in [4.69, 9.17) is 0 Å². The van der Waals surface area contributed by atoms with Crippen molar-refractivity contribution in [2.45, 2.75) is 58.0 Å². The van der Waals surface area contributed by atoms with Crippen LogP contribution in [0.15, 0.2) is 42.7 Å². The highest BCUT2D eigenvalue weighted by molar-refractivity contribution is 7.14. The minimum absolute atomic E-state index is 0.144. The normalized spacial score (nSPS) is 11.6. The molecule has 0 fully saturated rings. The number of benzene rings is 1. The van der Waals surface area contributed by atoms with Gasteiger partial charge in [0.2, 0.25) is 5.13 Å². The van der Waals surface area contributed by atoms with E-state index in [1.54, 1.807) is 18.2 Å². The maximum atomic E-state index is 14.3. The number of halogens is 4. The van der Waals surface area contributed by atoms with Gasteiger partial charge in [-0.2, -0.15) is 17.6 Å².